The molecule has 2 amide bonds. The summed E-state index contributed by atoms with van der Waals surface area (Å²) in [6.45, 7) is 3.28. The highest BCUT2D eigenvalue weighted by Gasteiger charge is 2.23. The van der Waals surface area contributed by atoms with Crippen LogP contribution < -0.4 is 5.32 Å². The van der Waals surface area contributed by atoms with Crippen LogP contribution in [0.15, 0.2) is 18.2 Å². The molecule has 1 aromatic rings. The zero-order valence-electron chi connectivity index (χ0n) is 10.9. The summed E-state index contributed by atoms with van der Waals surface area (Å²) in [5.41, 5.74) is 0.0815. The molecular formula is C13H15ClN2O4. The lowest BCUT2D eigenvalue weighted by Crippen LogP contribution is -2.46. The lowest BCUT2D eigenvalue weighted by molar-refractivity contribution is -0.00139. The number of urea groups is 1. The Morgan fingerprint density at radius 1 is 1.50 bits per heavy atom. The normalized spacial score (nSPS) is 18.7. The lowest BCUT2D eigenvalue weighted by atomic mass is 10.2. The van der Waals surface area contributed by atoms with Crippen LogP contribution in [0.25, 0.3) is 0 Å². The number of nitrogens with zero attached hydrogens (tertiary/aromatic N) is 1. The molecule has 7 heteroatoms. The molecule has 1 aromatic carbocycles. The molecule has 0 saturated carbocycles. The molecule has 108 valence electrons. The van der Waals surface area contributed by atoms with Crippen LogP contribution in [0.3, 0.4) is 0 Å². The van der Waals surface area contributed by atoms with Crippen LogP contribution >= 0.6 is 11.6 Å². The average Bonchev–Trinajstić information content (AvgIpc) is 2.38. The first-order valence-corrected chi connectivity index (χ1v) is 6.56. The van der Waals surface area contributed by atoms with Gasteiger partial charge >= 0.3 is 12.0 Å². The highest BCUT2D eigenvalue weighted by molar-refractivity contribution is 6.34. The quantitative estimate of drug-likeness (QED) is 0.878. The number of hydrogen-bond acceptors (Lipinski definition) is 3. The van der Waals surface area contributed by atoms with E-state index in [2.05, 4.69) is 5.32 Å². The van der Waals surface area contributed by atoms with Gasteiger partial charge in [0.25, 0.3) is 0 Å². The molecule has 20 heavy (non-hydrogen) atoms. The molecule has 0 spiro atoms. The molecule has 1 fully saturated rings. The van der Waals surface area contributed by atoms with Gasteiger partial charge in [0, 0.05) is 13.1 Å². The van der Waals surface area contributed by atoms with Gasteiger partial charge in [-0.2, -0.15) is 0 Å². The summed E-state index contributed by atoms with van der Waals surface area (Å²) in [6.07, 6.45) is -0.0344. The fourth-order valence-electron chi connectivity index (χ4n) is 2.04. The molecule has 2 rings (SSSR count). The molecule has 1 aliphatic rings. The van der Waals surface area contributed by atoms with Crippen LogP contribution in [0.2, 0.25) is 5.02 Å². The van der Waals surface area contributed by atoms with Crippen molar-refractivity contribution in [2.75, 3.05) is 25.0 Å². The molecule has 0 radical (unpaired) electrons. The van der Waals surface area contributed by atoms with Crippen LogP contribution in [0.5, 0.6) is 0 Å². The van der Waals surface area contributed by atoms with E-state index in [4.69, 9.17) is 21.4 Å². The van der Waals surface area contributed by atoms with Crippen molar-refractivity contribution in [3.05, 3.63) is 28.8 Å². The number of nitrogens with one attached hydrogen (secondary N) is 1. The van der Waals surface area contributed by atoms with Gasteiger partial charge in [0.15, 0.2) is 0 Å². The summed E-state index contributed by atoms with van der Waals surface area (Å²) in [5, 5.41) is 11.8. The van der Waals surface area contributed by atoms with E-state index in [1.165, 1.54) is 12.1 Å². The summed E-state index contributed by atoms with van der Waals surface area (Å²) in [6, 6.07) is 4.21. The van der Waals surface area contributed by atoms with Gasteiger partial charge < -0.3 is 20.1 Å². The molecule has 0 aromatic heterocycles. The highest BCUT2D eigenvalue weighted by atomic mass is 35.5. The van der Waals surface area contributed by atoms with Gasteiger partial charge in [-0.15, -0.1) is 0 Å². The van der Waals surface area contributed by atoms with Gasteiger partial charge in [-0.3, -0.25) is 0 Å². The van der Waals surface area contributed by atoms with E-state index in [-0.39, 0.29) is 28.4 Å². The highest BCUT2D eigenvalue weighted by Crippen LogP contribution is 2.24. The summed E-state index contributed by atoms with van der Waals surface area (Å²) < 4.78 is 5.35. The fourth-order valence-corrected chi connectivity index (χ4v) is 2.30. The Kier molecular flexibility index (Phi) is 4.46. The third-order valence-electron chi connectivity index (χ3n) is 3.00. The topological polar surface area (TPSA) is 78.9 Å². The number of halogens is 1. The lowest BCUT2D eigenvalue weighted by Gasteiger charge is -2.31. The second-order valence-corrected chi connectivity index (χ2v) is 4.93. The fraction of sp³-hybridized carbons (Fsp3) is 0.385. The molecular weight excluding hydrogens is 284 g/mol. The molecule has 0 bridgehead atoms. The number of benzene rings is 1. The van der Waals surface area contributed by atoms with Gasteiger partial charge in [-0.25, -0.2) is 9.59 Å². The SMILES string of the molecule is CC1CN(C(=O)Nc2cccc(Cl)c2C(=O)O)CCO1. The number of carbonyl (C=O) groups excluding carboxylic acids is 1. The number of carboxylic acid groups (broad SMARTS) is 1. The van der Waals surface area contributed by atoms with Crippen molar-refractivity contribution >= 4 is 29.3 Å². The molecule has 1 saturated heterocycles. The second-order valence-electron chi connectivity index (χ2n) is 4.53. The van der Waals surface area contributed by atoms with Gasteiger partial charge in [-0.1, -0.05) is 17.7 Å². The summed E-state index contributed by atoms with van der Waals surface area (Å²) >= 11 is 5.85. The number of carbonyl (C=O) groups is 2. The van der Waals surface area contributed by atoms with Gasteiger partial charge in [0.1, 0.15) is 5.56 Å². The van der Waals surface area contributed by atoms with Crippen molar-refractivity contribution in [3.63, 3.8) is 0 Å². The Morgan fingerprint density at radius 3 is 2.90 bits per heavy atom. The zero-order chi connectivity index (χ0) is 14.7. The van der Waals surface area contributed by atoms with E-state index in [1.807, 2.05) is 6.92 Å². The summed E-state index contributed by atoms with van der Waals surface area (Å²) in [4.78, 5) is 24.9. The number of morpholine rings is 1. The minimum atomic E-state index is -1.18. The van der Waals surface area contributed by atoms with Gasteiger partial charge in [0.2, 0.25) is 0 Å². The Morgan fingerprint density at radius 2 is 2.25 bits per heavy atom. The number of rotatable bonds is 2. The van der Waals surface area contributed by atoms with Crippen LogP contribution in [0, 0.1) is 0 Å². The minimum absolute atomic E-state index is 0.0344. The van der Waals surface area contributed by atoms with Crippen LogP contribution in [0.1, 0.15) is 17.3 Å². The predicted molar refractivity (Wildman–Crippen MR) is 74.4 cm³/mol. The molecule has 0 aliphatic carbocycles. The number of carboxylic acids is 1. The van der Waals surface area contributed by atoms with Crippen LogP contribution in [-0.2, 0) is 4.74 Å². The Hall–Kier alpha value is -1.79. The standard InChI is InChI=1S/C13H15ClN2O4/c1-8-7-16(5-6-20-8)13(19)15-10-4-2-3-9(14)11(10)12(17)18/h2-4,8H,5-7H2,1H3,(H,15,19)(H,17,18). The molecule has 1 heterocycles. The van der Waals surface area contributed by atoms with Crippen molar-refractivity contribution in [1.29, 1.82) is 0 Å². The van der Waals surface area contributed by atoms with Crippen molar-refractivity contribution < 1.29 is 19.4 Å². The zero-order valence-corrected chi connectivity index (χ0v) is 11.7. The maximum absolute atomic E-state index is 12.1. The predicted octanol–water partition coefficient (Wildman–Crippen LogP) is 2.29. The Bertz CT molecular complexity index is 535. The van der Waals surface area contributed by atoms with E-state index in [9.17, 15) is 9.59 Å². The first kappa shape index (κ1) is 14.6. The first-order valence-electron chi connectivity index (χ1n) is 6.18. The van der Waals surface area contributed by atoms with E-state index in [0.29, 0.717) is 19.7 Å². The Labute approximate surface area is 121 Å². The largest absolute Gasteiger partial charge is 0.478 e. The van der Waals surface area contributed by atoms with Gasteiger partial charge in [-0.05, 0) is 19.1 Å². The number of ether oxygens (including phenoxy) is 1. The minimum Gasteiger partial charge on any atom is -0.478 e. The van der Waals surface area contributed by atoms with Crippen LogP contribution in [0.4, 0.5) is 10.5 Å². The van der Waals surface area contributed by atoms with E-state index in [0.717, 1.165) is 0 Å². The molecule has 1 aliphatic heterocycles. The van der Waals surface area contributed by atoms with E-state index >= 15 is 0 Å². The third kappa shape index (κ3) is 3.20. The van der Waals surface area contributed by atoms with Crippen molar-refractivity contribution in [2.24, 2.45) is 0 Å². The van der Waals surface area contributed by atoms with Crippen molar-refractivity contribution in [2.45, 2.75) is 13.0 Å². The number of anilines is 1. The average molecular weight is 299 g/mol. The van der Waals surface area contributed by atoms with E-state index < -0.39 is 5.97 Å². The van der Waals surface area contributed by atoms with Crippen LogP contribution in [-0.4, -0.2) is 47.8 Å². The van der Waals surface area contributed by atoms with Crippen molar-refractivity contribution in [3.8, 4) is 0 Å². The summed E-state index contributed by atoms with van der Waals surface area (Å²) in [5.74, 6) is -1.18. The first-order chi connectivity index (χ1) is 9.49. The molecule has 2 N–H and O–H groups in total. The second kappa shape index (κ2) is 6.11. The monoisotopic (exact) mass is 298 g/mol. The smallest absolute Gasteiger partial charge is 0.339 e. The molecule has 1 unspecified atom stereocenters. The summed E-state index contributed by atoms with van der Waals surface area (Å²) in [7, 11) is 0. The van der Waals surface area contributed by atoms with Crippen molar-refractivity contribution in [1.82, 2.24) is 4.90 Å². The Balaban J connectivity index is 2.15. The maximum atomic E-state index is 12.1. The number of aromatic carboxylic acids is 1. The van der Waals surface area contributed by atoms with Gasteiger partial charge in [0.05, 0.1) is 23.4 Å². The molecule has 6 nitrogen and oxygen atoms in total. The maximum Gasteiger partial charge on any atom is 0.339 e. The third-order valence-corrected chi connectivity index (χ3v) is 3.31. The van der Waals surface area contributed by atoms with E-state index in [1.54, 1.807) is 11.0 Å². The number of amides is 2. The molecule has 1 atom stereocenters. The number of hydrogen-bond donors (Lipinski definition) is 2.